The molecule has 0 radical (unpaired) electrons. The maximum Gasteiger partial charge on any atom is 0.167 e. The van der Waals surface area contributed by atoms with Gasteiger partial charge >= 0.3 is 0 Å². The van der Waals surface area contributed by atoms with Crippen LogP contribution in [0.4, 0.5) is 0 Å². The molecule has 7 heteroatoms. The van der Waals surface area contributed by atoms with Gasteiger partial charge in [-0.1, -0.05) is 86.6 Å². The summed E-state index contributed by atoms with van der Waals surface area (Å²) in [5, 5.41) is 21.3. The topological polar surface area (TPSA) is 97.6 Å². The van der Waals surface area contributed by atoms with Gasteiger partial charge < -0.3 is 19.7 Å². The first kappa shape index (κ1) is 32.1. The summed E-state index contributed by atoms with van der Waals surface area (Å²) >= 11 is 0. The average Bonchev–Trinajstić information content (AvgIpc) is 2.97. The molecule has 0 fully saturated rings. The Hall–Kier alpha value is -3.81. The molecule has 0 aliphatic rings. The highest BCUT2D eigenvalue weighted by molar-refractivity contribution is 5.72. The van der Waals surface area contributed by atoms with Crippen molar-refractivity contribution >= 4 is 0 Å². The Morgan fingerprint density at radius 1 is 0.651 bits per heavy atom. The van der Waals surface area contributed by atoms with Crippen LogP contribution < -0.4 is 4.74 Å². The zero-order chi connectivity index (χ0) is 30.8. The highest BCUT2D eigenvalue weighted by atomic mass is 16.5. The lowest BCUT2D eigenvalue weighted by atomic mass is 10.0. The fourth-order valence-corrected chi connectivity index (χ4v) is 5.10. The lowest BCUT2D eigenvalue weighted by Crippen LogP contribution is -2.23. The standard InChI is InChI=1S/C36H45N3O4/c1-6-7-8-9-10-11-18-42-22-28(40)23-43-29-14-17-32(33(41)21-29)36-38-34(30-15-12-24(2)19-26(30)4)37-35(39-36)31-16-13-25(3)20-27(31)5/h12-17,19-21,28,40-41H,6-11,18,22-23H2,1-5H3. The van der Waals surface area contributed by atoms with Crippen molar-refractivity contribution in [1.82, 2.24) is 15.0 Å². The van der Waals surface area contributed by atoms with Gasteiger partial charge in [0.15, 0.2) is 17.5 Å². The van der Waals surface area contributed by atoms with Gasteiger partial charge in [-0.15, -0.1) is 0 Å². The Balaban J connectivity index is 1.49. The summed E-state index contributed by atoms with van der Waals surface area (Å²) in [7, 11) is 0. The number of nitrogens with zero attached hydrogens (tertiary/aromatic N) is 3. The van der Waals surface area contributed by atoms with E-state index in [1.54, 1.807) is 12.1 Å². The zero-order valence-electron chi connectivity index (χ0n) is 26.2. The summed E-state index contributed by atoms with van der Waals surface area (Å²) in [6.45, 7) is 11.3. The molecule has 1 atom stereocenters. The maximum absolute atomic E-state index is 11.0. The molecule has 0 aliphatic carbocycles. The number of ether oxygens (including phenoxy) is 2. The van der Waals surface area contributed by atoms with E-state index in [0.29, 0.717) is 35.4 Å². The Kier molecular flexibility index (Phi) is 11.6. The molecule has 0 spiro atoms. The van der Waals surface area contributed by atoms with Crippen molar-refractivity contribution in [3.05, 3.63) is 76.9 Å². The minimum Gasteiger partial charge on any atom is -0.507 e. The molecule has 0 aliphatic heterocycles. The molecule has 4 rings (SSSR count). The van der Waals surface area contributed by atoms with Crippen LogP contribution in [0, 0.1) is 27.7 Å². The monoisotopic (exact) mass is 583 g/mol. The Morgan fingerprint density at radius 2 is 1.19 bits per heavy atom. The Bertz CT molecular complexity index is 1430. The van der Waals surface area contributed by atoms with Crippen molar-refractivity contribution in [2.24, 2.45) is 0 Å². The number of benzene rings is 3. The molecule has 0 saturated carbocycles. The number of aryl methyl sites for hydroxylation is 4. The number of unbranched alkanes of at least 4 members (excludes halogenated alkanes) is 5. The van der Waals surface area contributed by atoms with Crippen molar-refractivity contribution in [2.75, 3.05) is 19.8 Å². The Morgan fingerprint density at radius 3 is 1.74 bits per heavy atom. The fourth-order valence-electron chi connectivity index (χ4n) is 5.10. The van der Waals surface area contributed by atoms with Gasteiger partial charge in [-0.05, 0) is 57.4 Å². The number of aliphatic hydroxyl groups is 1. The Labute approximate surface area is 256 Å². The minimum atomic E-state index is -0.758. The van der Waals surface area contributed by atoms with Crippen LogP contribution in [-0.2, 0) is 4.74 Å². The van der Waals surface area contributed by atoms with Crippen LogP contribution in [0.2, 0.25) is 0 Å². The SMILES string of the molecule is CCCCCCCCOCC(O)COc1ccc(-c2nc(-c3ccc(C)cc3C)nc(-c3ccc(C)cc3C)n2)c(O)c1. The third-order valence-corrected chi connectivity index (χ3v) is 7.49. The molecule has 43 heavy (non-hydrogen) atoms. The lowest BCUT2D eigenvalue weighted by Gasteiger charge is -2.14. The number of phenols is 1. The second-order valence-electron chi connectivity index (χ2n) is 11.4. The van der Waals surface area contributed by atoms with Crippen LogP contribution in [0.1, 0.15) is 67.7 Å². The average molecular weight is 584 g/mol. The van der Waals surface area contributed by atoms with Crippen LogP contribution in [0.3, 0.4) is 0 Å². The molecule has 1 heterocycles. The van der Waals surface area contributed by atoms with E-state index in [1.807, 2.05) is 38.1 Å². The predicted octanol–water partition coefficient (Wildman–Crippen LogP) is 7.93. The van der Waals surface area contributed by atoms with E-state index in [9.17, 15) is 10.2 Å². The third-order valence-electron chi connectivity index (χ3n) is 7.49. The van der Waals surface area contributed by atoms with E-state index in [4.69, 9.17) is 24.4 Å². The fraction of sp³-hybridized carbons (Fsp3) is 0.417. The summed E-state index contributed by atoms with van der Waals surface area (Å²) in [6, 6.07) is 17.3. The second kappa shape index (κ2) is 15.6. The van der Waals surface area contributed by atoms with Gasteiger partial charge in [-0.25, -0.2) is 15.0 Å². The predicted molar refractivity (Wildman–Crippen MR) is 172 cm³/mol. The van der Waals surface area contributed by atoms with Crippen molar-refractivity contribution in [3.63, 3.8) is 0 Å². The van der Waals surface area contributed by atoms with Gasteiger partial charge in [-0.3, -0.25) is 0 Å². The summed E-state index contributed by atoms with van der Waals surface area (Å²) < 4.78 is 11.4. The smallest absolute Gasteiger partial charge is 0.167 e. The molecule has 7 nitrogen and oxygen atoms in total. The van der Waals surface area contributed by atoms with E-state index in [2.05, 4.69) is 32.9 Å². The van der Waals surface area contributed by atoms with Crippen molar-refractivity contribution in [3.8, 4) is 45.7 Å². The van der Waals surface area contributed by atoms with Gasteiger partial charge in [0.2, 0.25) is 0 Å². The van der Waals surface area contributed by atoms with Crippen molar-refractivity contribution in [1.29, 1.82) is 0 Å². The highest BCUT2D eigenvalue weighted by Crippen LogP contribution is 2.34. The quantitative estimate of drug-likeness (QED) is 0.137. The molecule has 3 aromatic carbocycles. The first-order valence-corrected chi connectivity index (χ1v) is 15.4. The van der Waals surface area contributed by atoms with Gasteiger partial charge in [0.05, 0.1) is 12.2 Å². The maximum atomic E-state index is 11.0. The number of hydrogen-bond donors (Lipinski definition) is 2. The summed E-state index contributed by atoms with van der Waals surface area (Å²) in [6.07, 6.45) is 6.42. The van der Waals surface area contributed by atoms with E-state index in [0.717, 1.165) is 46.2 Å². The van der Waals surface area contributed by atoms with Gasteiger partial charge in [0.25, 0.3) is 0 Å². The summed E-state index contributed by atoms with van der Waals surface area (Å²) in [4.78, 5) is 14.4. The van der Waals surface area contributed by atoms with Crippen LogP contribution >= 0.6 is 0 Å². The molecule has 1 aromatic heterocycles. The molecule has 4 aromatic rings. The number of aromatic nitrogens is 3. The largest absolute Gasteiger partial charge is 0.507 e. The van der Waals surface area contributed by atoms with Crippen LogP contribution in [-0.4, -0.2) is 51.1 Å². The van der Waals surface area contributed by atoms with Gasteiger partial charge in [0.1, 0.15) is 24.2 Å². The molecule has 0 saturated heterocycles. The van der Waals surface area contributed by atoms with Gasteiger partial charge in [0, 0.05) is 23.8 Å². The molecule has 2 N–H and O–H groups in total. The molecule has 0 amide bonds. The molecule has 1 unspecified atom stereocenters. The van der Waals surface area contributed by atoms with Crippen molar-refractivity contribution in [2.45, 2.75) is 79.2 Å². The van der Waals surface area contributed by atoms with Crippen LogP contribution in [0.15, 0.2) is 54.6 Å². The summed E-state index contributed by atoms with van der Waals surface area (Å²) in [5.41, 5.74) is 6.73. The molecular weight excluding hydrogens is 538 g/mol. The molecule has 228 valence electrons. The lowest BCUT2D eigenvalue weighted by molar-refractivity contribution is 0.0109. The van der Waals surface area contributed by atoms with E-state index >= 15 is 0 Å². The molecular formula is C36H45N3O4. The number of rotatable bonds is 15. The van der Waals surface area contributed by atoms with Crippen molar-refractivity contribution < 1.29 is 19.7 Å². The van der Waals surface area contributed by atoms with E-state index in [1.165, 1.54) is 31.7 Å². The highest BCUT2D eigenvalue weighted by Gasteiger charge is 2.17. The third kappa shape index (κ3) is 9.09. The van der Waals surface area contributed by atoms with Crippen LogP contribution in [0.25, 0.3) is 34.2 Å². The number of phenolic OH excluding ortho intramolecular Hbond substituents is 1. The van der Waals surface area contributed by atoms with Gasteiger partial charge in [-0.2, -0.15) is 0 Å². The zero-order valence-corrected chi connectivity index (χ0v) is 26.2. The second-order valence-corrected chi connectivity index (χ2v) is 11.4. The normalized spacial score (nSPS) is 12.0. The minimum absolute atomic E-state index is 0.0179. The first-order valence-electron chi connectivity index (χ1n) is 15.4. The number of hydrogen-bond acceptors (Lipinski definition) is 7. The molecule has 0 bridgehead atoms. The number of aromatic hydroxyl groups is 1. The number of aliphatic hydroxyl groups excluding tert-OH is 1. The van der Waals surface area contributed by atoms with E-state index in [-0.39, 0.29) is 19.0 Å². The van der Waals surface area contributed by atoms with E-state index < -0.39 is 6.10 Å². The summed E-state index contributed by atoms with van der Waals surface area (Å²) in [5.74, 6) is 1.87. The van der Waals surface area contributed by atoms with Crippen LogP contribution in [0.5, 0.6) is 11.5 Å². The first-order chi connectivity index (χ1) is 20.7.